The van der Waals surface area contributed by atoms with Gasteiger partial charge in [0, 0.05) is 50.1 Å². The molecule has 156 valence electrons. The molecule has 7 nitrogen and oxygen atoms in total. The molecule has 7 heteroatoms. The summed E-state index contributed by atoms with van der Waals surface area (Å²) < 4.78 is 6.07. The number of anilines is 1. The molecule has 1 saturated heterocycles. The van der Waals surface area contributed by atoms with Crippen LogP contribution in [0.5, 0.6) is 5.75 Å². The number of ether oxygens (including phenoxy) is 1. The summed E-state index contributed by atoms with van der Waals surface area (Å²) in [5.74, 6) is 1.30. The molecule has 1 aliphatic carbocycles. The maximum Gasteiger partial charge on any atom is 0.322 e. The van der Waals surface area contributed by atoms with E-state index in [-0.39, 0.29) is 18.1 Å². The standard InChI is InChI=1S/C23H26N4O3/c28-22(16-2-1-3-16)26-11-9-21(15-26)30-20-6-4-19(5-7-20)25-23(29)27-13-17-8-10-24-12-18(17)14-27/h4-8,10,12,16,21H,1-3,9,11,13-15H2,(H,25,29)/t21-/m0/s1. The van der Waals surface area contributed by atoms with Gasteiger partial charge in [-0.15, -0.1) is 0 Å². The molecule has 30 heavy (non-hydrogen) atoms. The van der Waals surface area contributed by atoms with Crippen LogP contribution in [0.2, 0.25) is 0 Å². The van der Waals surface area contributed by atoms with Crippen molar-refractivity contribution < 1.29 is 14.3 Å². The van der Waals surface area contributed by atoms with E-state index in [0.717, 1.165) is 48.4 Å². The van der Waals surface area contributed by atoms with Gasteiger partial charge in [0.25, 0.3) is 0 Å². The molecule has 2 fully saturated rings. The Kier molecular flexibility index (Phi) is 5.02. The van der Waals surface area contributed by atoms with E-state index in [1.165, 1.54) is 6.42 Å². The summed E-state index contributed by atoms with van der Waals surface area (Å²) in [7, 11) is 0. The summed E-state index contributed by atoms with van der Waals surface area (Å²) >= 11 is 0. The van der Waals surface area contributed by atoms with Gasteiger partial charge in [-0.05, 0) is 54.3 Å². The van der Waals surface area contributed by atoms with Crippen LogP contribution in [0.25, 0.3) is 0 Å². The van der Waals surface area contributed by atoms with Crippen LogP contribution in [0.3, 0.4) is 0 Å². The summed E-state index contributed by atoms with van der Waals surface area (Å²) in [6.07, 6.45) is 7.72. The molecule has 1 aromatic carbocycles. The average Bonchev–Trinajstić information content (AvgIpc) is 3.35. The monoisotopic (exact) mass is 406 g/mol. The molecule has 1 saturated carbocycles. The summed E-state index contributed by atoms with van der Waals surface area (Å²) in [4.78, 5) is 32.8. The fourth-order valence-electron chi connectivity index (χ4n) is 4.31. The van der Waals surface area contributed by atoms with E-state index in [0.29, 0.717) is 25.5 Å². The van der Waals surface area contributed by atoms with Gasteiger partial charge < -0.3 is 19.9 Å². The zero-order chi connectivity index (χ0) is 20.5. The number of benzene rings is 1. The van der Waals surface area contributed by atoms with Gasteiger partial charge in [0.1, 0.15) is 11.9 Å². The van der Waals surface area contributed by atoms with Crippen LogP contribution < -0.4 is 10.1 Å². The Labute approximate surface area is 176 Å². The zero-order valence-corrected chi connectivity index (χ0v) is 16.9. The van der Waals surface area contributed by atoms with Gasteiger partial charge in [0.2, 0.25) is 5.91 Å². The molecular formula is C23H26N4O3. The lowest BCUT2D eigenvalue weighted by Crippen LogP contribution is -2.38. The lowest BCUT2D eigenvalue weighted by molar-refractivity contribution is -0.137. The third-order valence-electron chi connectivity index (χ3n) is 6.33. The number of pyridine rings is 1. The number of amides is 3. The summed E-state index contributed by atoms with van der Waals surface area (Å²) in [5.41, 5.74) is 2.97. The highest BCUT2D eigenvalue weighted by Crippen LogP contribution is 2.30. The molecule has 3 heterocycles. The van der Waals surface area contributed by atoms with Gasteiger partial charge in [0.05, 0.1) is 6.54 Å². The minimum Gasteiger partial charge on any atom is -0.489 e. The van der Waals surface area contributed by atoms with Crippen molar-refractivity contribution in [3.05, 3.63) is 53.9 Å². The number of carbonyl (C=O) groups excluding carboxylic acids is 2. The molecule has 1 atom stereocenters. The quantitative estimate of drug-likeness (QED) is 0.844. The fraction of sp³-hybridized carbons (Fsp3) is 0.435. The number of urea groups is 1. The molecule has 0 radical (unpaired) electrons. The second kappa shape index (κ2) is 7.97. The first-order valence-electron chi connectivity index (χ1n) is 10.7. The molecular weight excluding hydrogens is 380 g/mol. The van der Waals surface area contributed by atoms with E-state index >= 15 is 0 Å². The van der Waals surface area contributed by atoms with Crippen LogP contribution in [0.4, 0.5) is 10.5 Å². The van der Waals surface area contributed by atoms with Crippen molar-refractivity contribution in [2.75, 3.05) is 18.4 Å². The van der Waals surface area contributed by atoms with Crippen molar-refractivity contribution in [1.29, 1.82) is 0 Å². The second-order valence-corrected chi connectivity index (χ2v) is 8.40. The van der Waals surface area contributed by atoms with E-state index in [1.54, 1.807) is 11.1 Å². The fourth-order valence-corrected chi connectivity index (χ4v) is 4.31. The number of nitrogens with one attached hydrogen (secondary N) is 1. The van der Waals surface area contributed by atoms with Crippen molar-refractivity contribution in [2.24, 2.45) is 5.92 Å². The molecule has 0 bridgehead atoms. The Morgan fingerprint density at radius 2 is 1.80 bits per heavy atom. The topological polar surface area (TPSA) is 74.8 Å². The van der Waals surface area contributed by atoms with Crippen LogP contribution in [0.1, 0.15) is 36.8 Å². The first-order chi connectivity index (χ1) is 14.7. The van der Waals surface area contributed by atoms with E-state index in [2.05, 4.69) is 10.3 Å². The number of rotatable bonds is 4. The van der Waals surface area contributed by atoms with Crippen molar-refractivity contribution in [2.45, 2.75) is 44.9 Å². The number of hydrogen-bond acceptors (Lipinski definition) is 4. The predicted octanol–water partition coefficient (Wildman–Crippen LogP) is 3.41. The van der Waals surface area contributed by atoms with Crippen LogP contribution in [0, 0.1) is 5.92 Å². The number of likely N-dealkylation sites (tertiary alicyclic amines) is 1. The largest absolute Gasteiger partial charge is 0.489 e. The van der Waals surface area contributed by atoms with Crippen LogP contribution >= 0.6 is 0 Å². The molecule has 0 spiro atoms. The summed E-state index contributed by atoms with van der Waals surface area (Å²) in [5, 5.41) is 2.95. The number of carbonyl (C=O) groups is 2. The van der Waals surface area contributed by atoms with Gasteiger partial charge in [-0.1, -0.05) is 6.42 Å². The SMILES string of the molecule is O=C(Nc1ccc(O[C@H]2CCN(C(=O)C3CCC3)C2)cc1)N1Cc2ccncc2C1. The highest BCUT2D eigenvalue weighted by Gasteiger charge is 2.34. The number of aromatic nitrogens is 1. The van der Waals surface area contributed by atoms with Crippen LogP contribution in [-0.2, 0) is 17.9 Å². The smallest absolute Gasteiger partial charge is 0.322 e. The molecule has 0 unspecified atom stereocenters. The van der Waals surface area contributed by atoms with E-state index in [4.69, 9.17) is 4.74 Å². The minimum absolute atomic E-state index is 0.0335. The van der Waals surface area contributed by atoms with Crippen molar-refractivity contribution in [1.82, 2.24) is 14.8 Å². The maximum atomic E-state index is 12.6. The van der Waals surface area contributed by atoms with Crippen molar-refractivity contribution >= 4 is 17.6 Å². The second-order valence-electron chi connectivity index (χ2n) is 8.40. The van der Waals surface area contributed by atoms with Gasteiger partial charge in [-0.25, -0.2) is 4.79 Å². The predicted molar refractivity (Wildman–Crippen MR) is 112 cm³/mol. The average molecular weight is 406 g/mol. The van der Waals surface area contributed by atoms with Crippen LogP contribution in [0.15, 0.2) is 42.7 Å². The normalized spacial score (nSPS) is 20.6. The van der Waals surface area contributed by atoms with Gasteiger partial charge in [-0.2, -0.15) is 0 Å². The summed E-state index contributed by atoms with van der Waals surface area (Å²) in [6.45, 7) is 2.62. The summed E-state index contributed by atoms with van der Waals surface area (Å²) in [6, 6.07) is 9.28. The highest BCUT2D eigenvalue weighted by molar-refractivity contribution is 5.89. The Hall–Kier alpha value is -3.09. The van der Waals surface area contributed by atoms with E-state index < -0.39 is 0 Å². The molecule has 2 aromatic rings. The first-order valence-corrected chi connectivity index (χ1v) is 10.7. The van der Waals surface area contributed by atoms with E-state index in [9.17, 15) is 9.59 Å². The van der Waals surface area contributed by atoms with Crippen molar-refractivity contribution in [3.8, 4) is 5.75 Å². The third-order valence-corrected chi connectivity index (χ3v) is 6.33. The maximum absolute atomic E-state index is 12.6. The molecule has 3 aliphatic rings. The van der Waals surface area contributed by atoms with E-state index in [1.807, 2.05) is 41.4 Å². The van der Waals surface area contributed by atoms with Gasteiger partial charge >= 0.3 is 6.03 Å². The van der Waals surface area contributed by atoms with Gasteiger partial charge in [-0.3, -0.25) is 9.78 Å². The first kappa shape index (κ1) is 18.9. The van der Waals surface area contributed by atoms with Crippen molar-refractivity contribution in [3.63, 3.8) is 0 Å². The molecule has 5 rings (SSSR count). The Bertz CT molecular complexity index is 917. The molecule has 1 N–H and O–H groups in total. The lowest BCUT2D eigenvalue weighted by Gasteiger charge is -2.29. The Balaban J connectivity index is 1.12. The Morgan fingerprint density at radius 1 is 1.00 bits per heavy atom. The number of hydrogen-bond donors (Lipinski definition) is 1. The Morgan fingerprint density at radius 3 is 2.53 bits per heavy atom. The number of fused-ring (bicyclic) bond motifs is 1. The molecule has 3 amide bonds. The third kappa shape index (κ3) is 3.84. The molecule has 2 aliphatic heterocycles. The lowest BCUT2D eigenvalue weighted by atomic mass is 9.84. The highest BCUT2D eigenvalue weighted by atomic mass is 16.5. The molecule has 1 aromatic heterocycles. The number of nitrogens with zero attached hydrogens (tertiary/aromatic N) is 3. The van der Waals surface area contributed by atoms with Crippen LogP contribution in [-0.4, -0.2) is 45.9 Å². The van der Waals surface area contributed by atoms with Gasteiger partial charge in [0.15, 0.2) is 0 Å². The minimum atomic E-state index is -0.124. The zero-order valence-electron chi connectivity index (χ0n) is 16.9.